The van der Waals surface area contributed by atoms with Gasteiger partial charge in [0.15, 0.2) is 0 Å². The molecule has 10 heteroatoms. The number of carboxylic acids is 1. The van der Waals surface area contributed by atoms with Crippen LogP contribution in [0.3, 0.4) is 0 Å². The van der Waals surface area contributed by atoms with Crippen molar-refractivity contribution in [1.29, 1.82) is 0 Å². The van der Waals surface area contributed by atoms with Gasteiger partial charge in [0.1, 0.15) is 17.5 Å². The van der Waals surface area contributed by atoms with Crippen molar-refractivity contribution in [3.05, 3.63) is 0 Å². The molecule has 0 spiro atoms. The van der Waals surface area contributed by atoms with Gasteiger partial charge in [-0.2, -0.15) is 4.40 Å². The molecule has 0 bridgehead atoms. The zero-order chi connectivity index (χ0) is 16.8. The normalized spacial score (nSPS) is 14.2. The van der Waals surface area contributed by atoms with Gasteiger partial charge in [-0.05, 0) is 27.7 Å². The van der Waals surface area contributed by atoms with Crippen LogP contribution in [0.15, 0.2) is 4.40 Å². The highest BCUT2D eigenvalue weighted by molar-refractivity contribution is 7.89. The van der Waals surface area contributed by atoms with Gasteiger partial charge in [-0.15, -0.1) is 0 Å². The van der Waals surface area contributed by atoms with E-state index in [-0.39, 0.29) is 12.4 Å². The van der Waals surface area contributed by atoms with Crippen molar-refractivity contribution >= 4 is 27.9 Å². The van der Waals surface area contributed by atoms with E-state index in [0.29, 0.717) is 0 Å². The number of hydrogen-bond donors (Lipinski definition) is 3. The molecule has 0 aliphatic rings. The Hall–Kier alpha value is -1.84. The lowest BCUT2D eigenvalue weighted by atomic mass is 10.2. The second kappa shape index (κ2) is 7.25. The fourth-order valence-corrected chi connectivity index (χ4v) is 1.74. The number of ether oxygens (including phenoxy) is 1. The number of nitrogens with one attached hydrogen (secondary N) is 2. The Morgan fingerprint density at radius 1 is 1.33 bits per heavy atom. The van der Waals surface area contributed by atoms with Crippen molar-refractivity contribution in [1.82, 2.24) is 10.6 Å². The highest BCUT2D eigenvalue weighted by Gasteiger charge is 2.23. The number of amidine groups is 1. The molecule has 0 rings (SSSR count). The van der Waals surface area contributed by atoms with Gasteiger partial charge in [-0.3, -0.25) is 0 Å². The van der Waals surface area contributed by atoms with Crippen molar-refractivity contribution in [2.75, 3.05) is 12.8 Å². The molecule has 0 radical (unpaired) electrons. The van der Waals surface area contributed by atoms with Crippen molar-refractivity contribution in [2.45, 2.75) is 39.3 Å². The second-order valence-electron chi connectivity index (χ2n) is 5.33. The molecule has 9 nitrogen and oxygen atoms in total. The fourth-order valence-electron chi connectivity index (χ4n) is 1.18. The molecule has 0 aromatic heterocycles. The maximum absolute atomic E-state index is 11.5. The molecular weight excluding hydrogens is 302 g/mol. The molecule has 1 amide bonds. The third-order valence-electron chi connectivity index (χ3n) is 1.85. The molecule has 1 atom stereocenters. The van der Waals surface area contributed by atoms with Gasteiger partial charge in [0.2, 0.25) is 0 Å². The van der Waals surface area contributed by atoms with Gasteiger partial charge >= 0.3 is 12.1 Å². The first-order chi connectivity index (χ1) is 9.30. The number of carboxylic acid groups (broad SMARTS) is 1. The molecular formula is C11H21N3O6S. The Kier molecular flexibility index (Phi) is 6.61. The summed E-state index contributed by atoms with van der Waals surface area (Å²) in [6, 6.07) is -1.29. The minimum atomic E-state index is -3.57. The summed E-state index contributed by atoms with van der Waals surface area (Å²) in [6.45, 7) is 6.06. The van der Waals surface area contributed by atoms with Gasteiger partial charge in [0.25, 0.3) is 10.0 Å². The SMILES string of the molecule is C/C(=N/S(C)(=O)=O)NC[C@H](NC(=O)OC(C)(C)C)C(=O)O. The number of amides is 1. The minimum Gasteiger partial charge on any atom is -0.480 e. The summed E-state index contributed by atoms with van der Waals surface area (Å²) in [6.07, 6.45) is 0.0284. The molecule has 3 N–H and O–H groups in total. The van der Waals surface area contributed by atoms with E-state index in [0.717, 1.165) is 6.26 Å². The maximum atomic E-state index is 11.5. The van der Waals surface area contributed by atoms with Crippen LogP contribution < -0.4 is 10.6 Å². The van der Waals surface area contributed by atoms with Gasteiger partial charge in [-0.1, -0.05) is 0 Å². The molecule has 0 heterocycles. The number of alkyl carbamates (subject to hydrolysis) is 1. The van der Waals surface area contributed by atoms with Gasteiger partial charge in [0, 0.05) is 6.54 Å². The van der Waals surface area contributed by atoms with Crippen LogP contribution in [-0.4, -0.2) is 55.9 Å². The third kappa shape index (κ3) is 10.6. The monoisotopic (exact) mass is 323 g/mol. The fraction of sp³-hybridized carbons (Fsp3) is 0.727. The van der Waals surface area contributed by atoms with Gasteiger partial charge < -0.3 is 20.5 Å². The summed E-state index contributed by atoms with van der Waals surface area (Å²) < 4.78 is 30.1. The number of aliphatic carboxylic acids is 1. The van der Waals surface area contributed by atoms with Crippen LogP contribution >= 0.6 is 0 Å². The summed E-state index contributed by atoms with van der Waals surface area (Å²) in [5, 5.41) is 13.7. The summed E-state index contributed by atoms with van der Waals surface area (Å²) in [5.74, 6) is -1.27. The zero-order valence-electron chi connectivity index (χ0n) is 12.6. The van der Waals surface area contributed by atoms with E-state index in [1.807, 2.05) is 0 Å². The minimum absolute atomic E-state index is 0.0229. The van der Waals surface area contributed by atoms with Gasteiger partial charge in [-0.25, -0.2) is 18.0 Å². The lowest BCUT2D eigenvalue weighted by Gasteiger charge is -2.22. The Bertz CT molecular complexity index is 521. The second-order valence-corrected chi connectivity index (χ2v) is 6.98. The molecule has 0 fully saturated rings. The summed E-state index contributed by atoms with van der Waals surface area (Å²) >= 11 is 0. The van der Waals surface area contributed by atoms with Crippen LogP contribution in [0.4, 0.5) is 4.79 Å². The van der Waals surface area contributed by atoms with Crippen molar-refractivity contribution in [3.63, 3.8) is 0 Å². The lowest BCUT2D eigenvalue weighted by Crippen LogP contribution is -2.49. The van der Waals surface area contributed by atoms with E-state index in [1.54, 1.807) is 20.8 Å². The molecule has 0 aromatic carbocycles. The number of carbonyl (C=O) groups is 2. The van der Waals surface area contributed by atoms with Crippen LogP contribution in [0.2, 0.25) is 0 Å². The number of rotatable bonds is 5. The van der Waals surface area contributed by atoms with Crippen LogP contribution in [0, 0.1) is 0 Å². The molecule has 0 unspecified atom stereocenters. The predicted molar refractivity (Wildman–Crippen MR) is 76.7 cm³/mol. The smallest absolute Gasteiger partial charge is 0.408 e. The summed E-state index contributed by atoms with van der Waals surface area (Å²) in [7, 11) is -3.57. The zero-order valence-corrected chi connectivity index (χ0v) is 13.4. The lowest BCUT2D eigenvalue weighted by molar-refractivity contribution is -0.139. The van der Waals surface area contributed by atoms with Crippen molar-refractivity contribution in [2.24, 2.45) is 4.40 Å². The summed E-state index contributed by atoms with van der Waals surface area (Å²) in [5.41, 5.74) is -0.756. The number of nitrogens with zero attached hydrogens (tertiary/aromatic N) is 1. The van der Waals surface area contributed by atoms with E-state index in [4.69, 9.17) is 9.84 Å². The predicted octanol–water partition coefficient (Wildman–Crippen LogP) is -0.0681. The van der Waals surface area contributed by atoms with E-state index in [1.165, 1.54) is 6.92 Å². The first-order valence-electron chi connectivity index (χ1n) is 6.03. The van der Waals surface area contributed by atoms with E-state index < -0.39 is 33.7 Å². The number of sulfonamides is 1. The average molecular weight is 323 g/mol. The molecule has 0 saturated heterocycles. The molecule has 0 aromatic rings. The first-order valence-corrected chi connectivity index (χ1v) is 7.88. The van der Waals surface area contributed by atoms with Gasteiger partial charge in [0.05, 0.1) is 6.26 Å². The van der Waals surface area contributed by atoms with E-state index >= 15 is 0 Å². The molecule has 0 aliphatic carbocycles. The maximum Gasteiger partial charge on any atom is 0.408 e. The highest BCUT2D eigenvalue weighted by Crippen LogP contribution is 2.06. The van der Waals surface area contributed by atoms with E-state index in [9.17, 15) is 18.0 Å². The summed E-state index contributed by atoms with van der Waals surface area (Å²) in [4.78, 5) is 22.5. The topological polar surface area (TPSA) is 134 Å². The highest BCUT2D eigenvalue weighted by atomic mass is 32.2. The molecule has 122 valence electrons. The molecule has 0 aliphatic heterocycles. The Morgan fingerprint density at radius 2 is 1.86 bits per heavy atom. The Morgan fingerprint density at radius 3 is 2.24 bits per heavy atom. The molecule has 0 saturated carbocycles. The quantitative estimate of drug-likeness (QED) is 0.476. The Balaban J connectivity index is 4.63. The van der Waals surface area contributed by atoms with Crippen LogP contribution in [0.1, 0.15) is 27.7 Å². The number of hydrogen-bond acceptors (Lipinski definition) is 5. The average Bonchev–Trinajstić information content (AvgIpc) is 2.18. The van der Waals surface area contributed by atoms with Crippen LogP contribution in [0.25, 0.3) is 0 Å². The van der Waals surface area contributed by atoms with Crippen molar-refractivity contribution < 1.29 is 27.9 Å². The first kappa shape index (κ1) is 19.2. The van der Waals surface area contributed by atoms with Crippen LogP contribution in [-0.2, 0) is 19.6 Å². The number of carbonyl (C=O) groups excluding carboxylic acids is 1. The van der Waals surface area contributed by atoms with E-state index in [2.05, 4.69) is 15.0 Å². The van der Waals surface area contributed by atoms with Crippen LogP contribution in [0.5, 0.6) is 0 Å². The Labute approximate surface area is 123 Å². The third-order valence-corrected chi connectivity index (χ3v) is 2.46. The largest absolute Gasteiger partial charge is 0.480 e. The van der Waals surface area contributed by atoms with Crippen molar-refractivity contribution in [3.8, 4) is 0 Å². The molecule has 21 heavy (non-hydrogen) atoms. The standard InChI is InChI=1S/C11H21N3O6S/c1-7(14-21(5,18)19)12-6-8(9(15)16)13-10(17)20-11(2,3)4/h8H,6H2,1-5H3,(H,12,14)(H,13,17)(H,15,16)/t8-/m0/s1.